The van der Waals surface area contributed by atoms with Crippen molar-refractivity contribution in [3.63, 3.8) is 0 Å². The van der Waals surface area contributed by atoms with Crippen molar-refractivity contribution in [1.29, 1.82) is 0 Å². The zero-order valence-corrected chi connectivity index (χ0v) is 10.5. The minimum atomic E-state index is 0.282. The largest absolute Gasteiger partial charge is 0.276 e. The van der Waals surface area contributed by atoms with Crippen LogP contribution < -0.4 is 11.3 Å². The van der Waals surface area contributed by atoms with E-state index in [4.69, 9.17) is 5.84 Å². The number of hydrazine groups is 1. The minimum Gasteiger partial charge on any atom is -0.276 e. The van der Waals surface area contributed by atoms with Crippen LogP contribution in [0.15, 0.2) is 36.7 Å². The fourth-order valence-corrected chi connectivity index (χ4v) is 2.81. The molecule has 94 valence electrons. The molecule has 0 bridgehead atoms. The van der Waals surface area contributed by atoms with Crippen molar-refractivity contribution in [3.8, 4) is 0 Å². The van der Waals surface area contributed by atoms with E-state index in [0.29, 0.717) is 5.92 Å². The lowest BCUT2D eigenvalue weighted by Crippen LogP contribution is -2.45. The summed E-state index contributed by atoms with van der Waals surface area (Å²) in [5, 5.41) is 4.20. The van der Waals surface area contributed by atoms with Gasteiger partial charge in [0.05, 0.1) is 6.20 Å². The summed E-state index contributed by atoms with van der Waals surface area (Å²) in [5.74, 6) is 6.24. The summed E-state index contributed by atoms with van der Waals surface area (Å²) in [4.78, 5) is 0. The molecule has 1 aliphatic carbocycles. The molecule has 4 heteroatoms. The van der Waals surface area contributed by atoms with Crippen molar-refractivity contribution < 1.29 is 0 Å². The Morgan fingerprint density at radius 3 is 3.00 bits per heavy atom. The maximum absolute atomic E-state index is 5.72. The van der Waals surface area contributed by atoms with Crippen molar-refractivity contribution >= 4 is 0 Å². The average molecular weight is 242 g/mol. The molecule has 4 nitrogen and oxygen atoms in total. The van der Waals surface area contributed by atoms with Crippen molar-refractivity contribution in [3.05, 3.63) is 53.3 Å². The molecule has 0 saturated carbocycles. The molecule has 0 radical (unpaired) electrons. The molecule has 2 aromatic rings. The van der Waals surface area contributed by atoms with Gasteiger partial charge >= 0.3 is 0 Å². The molecule has 18 heavy (non-hydrogen) atoms. The van der Waals surface area contributed by atoms with Crippen molar-refractivity contribution in [1.82, 2.24) is 15.2 Å². The maximum atomic E-state index is 5.72. The number of rotatable bonds is 4. The Morgan fingerprint density at radius 2 is 2.33 bits per heavy atom. The average Bonchev–Trinajstić information content (AvgIpc) is 2.75. The van der Waals surface area contributed by atoms with Gasteiger partial charge in [0, 0.05) is 25.2 Å². The smallest absolute Gasteiger partial charge is 0.0522 e. The topological polar surface area (TPSA) is 55.9 Å². The van der Waals surface area contributed by atoms with Crippen LogP contribution in [-0.4, -0.2) is 15.8 Å². The molecular weight excluding hydrogens is 224 g/mol. The van der Waals surface area contributed by atoms with E-state index in [0.717, 1.165) is 12.8 Å². The maximum Gasteiger partial charge on any atom is 0.0522 e. The lowest BCUT2D eigenvalue weighted by Gasteiger charge is -2.36. The van der Waals surface area contributed by atoms with E-state index in [9.17, 15) is 0 Å². The van der Waals surface area contributed by atoms with Crippen LogP contribution in [0.2, 0.25) is 0 Å². The number of fused-ring (bicyclic) bond motifs is 1. The van der Waals surface area contributed by atoms with E-state index in [1.165, 1.54) is 16.7 Å². The number of aryl methyl sites for hydroxylation is 1. The van der Waals surface area contributed by atoms with Crippen LogP contribution in [0.25, 0.3) is 0 Å². The summed E-state index contributed by atoms with van der Waals surface area (Å²) in [6.07, 6.45) is 6.00. The molecule has 0 aliphatic heterocycles. The molecule has 1 aromatic carbocycles. The van der Waals surface area contributed by atoms with Crippen LogP contribution in [0.3, 0.4) is 0 Å². The van der Waals surface area contributed by atoms with E-state index in [1.807, 2.05) is 17.9 Å². The van der Waals surface area contributed by atoms with Gasteiger partial charge < -0.3 is 0 Å². The summed E-state index contributed by atoms with van der Waals surface area (Å²) in [7, 11) is 1.94. The molecule has 0 amide bonds. The summed E-state index contributed by atoms with van der Waals surface area (Å²) < 4.78 is 1.83. The Kier molecular flexibility index (Phi) is 2.89. The molecule has 3 N–H and O–H groups in total. The summed E-state index contributed by atoms with van der Waals surface area (Å²) >= 11 is 0. The summed E-state index contributed by atoms with van der Waals surface area (Å²) in [6.45, 7) is 0. The van der Waals surface area contributed by atoms with Gasteiger partial charge in [-0.25, -0.2) is 0 Å². The first-order chi connectivity index (χ1) is 8.78. The number of hydrogen-bond donors (Lipinski definition) is 2. The quantitative estimate of drug-likeness (QED) is 0.624. The van der Waals surface area contributed by atoms with Crippen LogP contribution >= 0.6 is 0 Å². The SMILES string of the molecule is Cn1cc(CC(NN)C2Cc3ccccc32)cn1. The molecular formula is C14H18N4. The van der Waals surface area contributed by atoms with E-state index < -0.39 is 0 Å². The number of nitrogens with zero attached hydrogens (tertiary/aromatic N) is 2. The monoisotopic (exact) mass is 242 g/mol. The fourth-order valence-electron chi connectivity index (χ4n) is 2.81. The highest BCUT2D eigenvalue weighted by molar-refractivity contribution is 5.41. The normalized spacial score (nSPS) is 19.1. The second kappa shape index (κ2) is 4.55. The van der Waals surface area contributed by atoms with Crippen molar-refractivity contribution in [2.45, 2.75) is 24.8 Å². The molecule has 0 fully saturated rings. The van der Waals surface area contributed by atoms with Crippen molar-refractivity contribution in [2.24, 2.45) is 12.9 Å². The summed E-state index contributed by atoms with van der Waals surface area (Å²) in [5.41, 5.74) is 7.08. The summed E-state index contributed by atoms with van der Waals surface area (Å²) in [6, 6.07) is 8.88. The molecule has 2 atom stereocenters. The molecule has 1 aliphatic rings. The standard InChI is InChI=1S/C14H18N4/c1-18-9-10(8-16-18)6-14(17-15)13-7-11-4-2-3-5-12(11)13/h2-5,8-9,13-14,17H,6-7,15H2,1H3. The Hall–Kier alpha value is -1.65. The third-order valence-corrected chi connectivity index (χ3v) is 3.81. The molecule has 0 saturated heterocycles. The van der Waals surface area contributed by atoms with Gasteiger partial charge in [0.2, 0.25) is 0 Å². The van der Waals surface area contributed by atoms with Crippen LogP contribution in [0.4, 0.5) is 0 Å². The Morgan fingerprint density at radius 1 is 1.50 bits per heavy atom. The van der Waals surface area contributed by atoms with Gasteiger partial charge in [-0.2, -0.15) is 5.10 Å². The number of hydrogen-bond acceptors (Lipinski definition) is 3. The van der Waals surface area contributed by atoms with E-state index in [2.05, 4.69) is 41.0 Å². The lowest BCUT2D eigenvalue weighted by atomic mass is 9.72. The van der Waals surface area contributed by atoms with Gasteiger partial charge in [0.1, 0.15) is 0 Å². The number of aromatic nitrogens is 2. The van der Waals surface area contributed by atoms with E-state index in [1.54, 1.807) is 0 Å². The van der Waals surface area contributed by atoms with Gasteiger partial charge in [0.25, 0.3) is 0 Å². The van der Waals surface area contributed by atoms with Gasteiger partial charge in [-0.15, -0.1) is 0 Å². The third-order valence-electron chi connectivity index (χ3n) is 3.81. The second-order valence-corrected chi connectivity index (χ2v) is 5.01. The van der Waals surface area contributed by atoms with Crippen LogP contribution in [0.5, 0.6) is 0 Å². The van der Waals surface area contributed by atoms with Gasteiger partial charge in [0.15, 0.2) is 0 Å². The predicted octanol–water partition coefficient (Wildman–Crippen LogP) is 1.13. The first-order valence-electron chi connectivity index (χ1n) is 6.29. The highest BCUT2D eigenvalue weighted by Crippen LogP contribution is 2.37. The highest BCUT2D eigenvalue weighted by atomic mass is 15.2. The Labute approximate surface area is 107 Å². The molecule has 1 aromatic heterocycles. The minimum absolute atomic E-state index is 0.282. The fraction of sp³-hybridized carbons (Fsp3) is 0.357. The van der Waals surface area contributed by atoms with Crippen LogP contribution in [0, 0.1) is 0 Å². The van der Waals surface area contributed by atoms with E-state index in [-0.39, 0.29) is 6.04 Å². The Balaban J connectivity index is 1.75. The zero-order valence-electron chi connectivity index (χ0n) is 10.5. The molecule has 3 rings (SSSR count). The first-order valence-corrected chi connectivity index (χ1v) is 6.29. The van der Waals surface area contributed by atoms with E-state index >= 15 is 0 Å². The van der Waals surface area contributed by atoms with Crippen LogP contribution in [-0.2, 0) is 19.9 Å². The number of benzene rings is 1. The zero-order chi connectivity index (χ0) is 12.5. The van der Waals surface area contributed by atoms with Crippen molar-refractivity contribution in [2.75, 3.05) is 0 Å². The Bertz CT molecular complexity index is 546. The molecule has 1 heterocycles. The van der Waals surface area contributed by atoms with Gasteiger partial charge in [-0.3, -0.25) is 16.0 Å². The van der Waals surface area contributed by atoms with Gasteiger partial charge in [-0.05, 0) is 29.5 Å². The number of nitrogens with two attached hydrogens (primary N) is 1. The lowest BCUT2D eigenvalue weighted by molar-refractivity contribution is 0.404. The number of nitrogens with one attached hydrogen (secondary N) is 1. The third kappa shape index (κ3) is 1.94. The predicted molar refractivity (Wildman–Crippen MR) is 70.9 cm³/mol. The molecule has 2 unspecified atom stereocenters. The highest BCUT2D eigenvalue weighted by Gasteiger charge is 2.32. The van der Waals surface area contributed by atoms with Crippen LogP contribution in [0.1, 0.15) is 22.6 Å². The second-order valence-electron chi connectivity index (χ2n) is 5.01. The van der Waals surface area contributed by atoms with Gasteiger partial charge in [-0.1, -0.05) is 24.3 Å². The first kappa shape index (κ1) is 11.4. The molecule has 0 spiro atoms.